The lowest BCUT2D eigenvalue weighted by molar-refractivity contribution is 0.956. The molecule has 2 heteroatoms. The first-order valence-electron chi connectivity index (χ1n) is 9.77. The van der Waals surface area contributed by atoms with Crippen molar-refractivity contribution in [2.24, 2.45) is 0 Å². The third kappa shape index (κ3) is 2.78. The summed E-state index contributed by atoms with van der Waals surface area (Å²) in [5, 5.41) is 0. The number of fused-ring (bicyclic) bond motifs is 1. The lowest BCUT2D eigenvalue weighted by atomic mass is 9.92. The van der Waals surface area contributed by atoms with E-state index in [0.29, 0.717) is 0 Å². The molecule has 0 N–H and O–H groups in total. The molecule has 136 valence electrons. The maximum absolute atomic E-state index is 5.27. The van der Waals surface area contributed by atoms with Gasteiger partial charge in [0.25, 0.3) is 0 Å². The number of hydrogen-bond donors (Lipinski definition) is 0. The molecule has 2 heterocycles. The number of benzene rings is 3. The molecule has 0 saturated carbocycles. The molecule has 4 aromatic rings. The summed E-state index contributed by atoms with van der Waals surface area (Å²) in [6, 6.07) is 31.8. The average molecular weight is 362 g/mol. The summed E-state index contributed by atoms with van der Waals surface area (Å²) in [4.78, 5) is 7.66. The maximum atomic E-state index is 5.27. The van der Waals surface area contributed by atoms with Crippen LogP contribution in [0.4, 0.5) is 5.69 Å². The van der Waals surface area contributed by atoms with Crippen molar-refractivity contribution < 1.29 is 0 Å². The summed E-state index contributed by atoms with van der Waals surface area (Å²) in [6.07, 6.45) is 1.03. The van der Waals surface area contributed by atoms with Gasteiger partial charge in [0.2, 0.25) is 0 Å². The fourth-order valence-corrected chi connectivity index (χ4v) is 4.18. The third-order valence-electron chi connectivity index (χ3n) is 5.50. The van der Waals surface area contributed by atoms with Gasteiger partial charge in [0.1, 0.15) is 0 Å². The maximum Gasteiger partial charge on any atom is 0.0808 e. The van der Waals surface area contributed by atoms with E-state index in [2.05, 4.69) is 103 Å². The van der Waals surface area contributed by atoms with Crippen molar-refractivity contribution in [3.63, 3.8) is 0 Å². The van der Waals surface area contributed by atoms with Crippen LogP contribution in [-0.2, 0) is 6.42 Å². The standard InChI is InChI=1S/C26H22N2/c1-28-18-17-22-24(20-13-7-3-8-14-20)27-25(21-15-9-4-10-16-21)23(26(22)28)19-11-5-2-6-12-19/h2-16H,17-18H2,1H3. The topological polar surface area (TPSA) is 16.1 Å². The Morgan fingerprint density at radius 3 is 1.71 bits per heavy atom. The molecule has 1 aromatic heterocycles. The lowest BCUT2D eigenvalue weighted by Gasteiger charge is -2.22. The van der Waals surface area contributed by atoms with E-state index < -0.39 is 0 Å². The minimum atomic E-state index is 1.02. The van der Waals surface area contributed by atoms with Crippen LogP contribution in [0.1, 0.15) is 5.56 Å². The van der Waals surface area contributed by atoms with Gasteiger partial charge in [-0.2, -0.15) is 0 Å². The van der Waals surface area contributed by atoms with Gasteiger partial charge in [0.15, 0.2) is 0 Å². The second-order valence-electron chi connectivity index (χ2n) is 7.28. The molecule has 0 saturated heterocycles. The number of pyridine rings is 1. The smallest absolute Gasteiger partial charge is 0.0808 e. The second kappa shape index (κ2) is 6.97. The highest BCUT2D eigenvalue weighted by Gasteiger charge is 2.28. The Labute approximate surface area is 166 Å². The van der Waals surface area contributed by atoms with Crippen LogP contribution in [0, 0.1) is 0 Å². The van der Waals surface area contributed by atoms with Crippen LogP contribution in [0.3, 0.4) is 0 Å². The summed E-state index contributed by atoms with van der Waals surface area (Å²) in [7, 11) is 2.20. The van der Waals surface area contributed by atoms with Crippen LogP contribution in [0.25, 0.3) is 33.6 Å². The molecule has 0 spiro atoms. The SMILES string of the molecule is CN1CCc2c(-c3ccccc3)nc(-c3ccccc3)c(-c3ccccc3)c21. The number of aromatic nitrogens is 1. The molecule has 0 radical (unpaired) electrons. The van der Waals surface area contributed by atoms with E-state index in [4.69, 9.17) is 4.98 Å². The van der Waals surface area contributed by atoms with Crippen molar-refractivity contribution >= 4 is 5.69 Å². The number of nitrogens with zero attached hydrogens (tertiary/aromatic N) is 2. The Hall–Kier alpha value is -3.39. The zero-order valence-corrected chi connectivity index (χ0v) is 16.0. The van der Waals surface area contributed by atoms with E-state index in [-0.39, 0.29) is 0 Å². The van der Waals surface area contributed by atoms with Gasteiger partial charge in [0, 0.05) is 35.8 Å². The highest BCUT2D eigenvalue weighted by atomic mass is 15.1. The Morgan fingerprint density at radius 2 is 1.14 bits per heavy atom. The predicted molar refractivity (Wildman–Crippen MR) is 118 cm³/mol. The molecule has 1 aliphatic heterocycles. The normalized spacial score (nSPS) is 12.8. The van der Waals surface area contributed by atoms with Gasteiger partial charge in [-0.1, -0.05) is 91.0 Å². The lowest BCUT2D eigenvalue weighted by Crippen LogP contribution is -2.14. The quantitative estimate of drug-likeness (QED) is 0.439. The van der Waals surface area contributed by atoms with Gasteiger partial charge in [0.05, 0.1) is 17.1 Å². The molecule has 0 amide bonds. The summed E-state index contributed by atoms with van der Waals surface area (Å²) < 4.78 is 0. The first kappa shape index (κ1) is 16.8. The zero-order chi connectivity index (χ0) is 18.9. The van der Waals surface area contributed by atoms with E-state index in [1.165, 1.54) is 27.9 Å². The molecule has 0 bridgehead atoms. The third-order valence-corrected chi connectivity index (χ3v) is 5.50. The Balaban J connectivity index is 1.88. The van der Waals surface area contributed by atoms with Crippen molar-refractivity contribution in [1.29, 1.82) is 0 Å². The van der Waals surface area contributed by atoms with Crippen molar-refractivity contribution in [3.8, 4) is 33.6 Å². The molecule has 3 aromatic carbocycles. The number of hydrogen-bond acceptors (Lipinski definition) is 2. The van der Waals surface area contributed by atoms with Crippen LogP contribution >= 0.6 is 0 Å². The summed E-state index contributed by atoms with van der Waals surface area (Å²) in [5.74, 6) is 0. The summed E-state index contributed by atoms with van der Waals surface area (Å²) in [5.41, 5.74) is 9.63. The van der Waals surface area contributed by atoms with Gasteiger partial charge in [-0.25, -0.2) is 4.98 Å². The van der Waals surface area contributed by atoms with E-state index >= 15 is 0 Å². The minimum absolute atomic E-state index is 1.02. The molecular weight excluding hydrogens is 340 g/mol. The average Bonchev–Trinajstić information content (AvgIpc) is 3.16. The van der Waals surface area contributed by atoms with Crippen LogP contribution in [0.5, 0.6) is 0 Å². The molecule has 0 aliphatic carbocycles. The molecule has 0 unspecified atom stereocenters. The second-order valence-corrected chi connectivity index (χ2v) is 7.28. The predicted octanol–water partition coefficient (Wildman–Crippen LogP) is 6.07. The van der Waals surface area contributed by atoms with Gasteiger partial charge < -0.3 is 4.90 Å². The van der Waals surface area contributed by atoms with Crippen LogP contribution in [0.15, 0.2) is 91.0 Å². The van der Waals surface area contributed by atoms with Crippen molar-refractivity contribution in [3.05, 3.63) is 96.6 Å². The summed E-state index contributed by atoms with van der Waals surface area (Å²) >= 11 is 0. The first-order valence-corrected chi connectivity index (χ1v) is 9.77. The zero-order valence-electron chi connectivity index (χ0n) is 16.0. The van der Waals surface area contributed by atoms with Crippen molar-refractivity contribution in [2.75, 3.05) is 18.5 Å². The first-order chi connectivity index (χ1) is 13.8. The van der Waals surface area contributed by atoms with E-state index in [0.717, 1.165) is 29.9 Å². The van der Waals surface area contributed by atoms with Gasteiger partial charge >= 0.3 is 0 Å². The van der Waals surface area contributed by atoms with E-state index in [1.807, 2.05) is 0 Å². The molecule has 0 atom stereocenters. The largest absolute Gasteiger partial charge is 0.373 e. The number of likely N-dealkylation sites (N-methyl/N-ethyl adjacent to an activating group) is 1. The van der Waals surface area contributed by atoms with Crippen LogP contribution < -0.4 is 4.90 Å². The highest BCUT2D eigenvalue weighted by molar-refractivity contribution is 5.95. The Bertz CT molecular complexity index is 1100. The summed E-state index contributed by atoms with van der Waals surface area (Å²) in [6.45, 7) is 1.02. The molecule has 0 fully saturated rings. The monoisotopic (exact) mass is 362 g/mol. The van der Waals surface area contributed by atoms with Gasteiger partial charge in [-0.3, -0.25) is 0 Å². The van der Waals surface area contributed by atoms with Crippen molar-refractivity contribution in [1.82, 2.24) is 4.98 Å². The van der Waals surface area contributed by atoms with Crippen LogP contribution in [-0.4, -0.2) is 18.6 Å². The van der Waals surface area contributed by atoms with Crippen LogP contribution in [0.2, 0.25) is 0 Å². The molecule has 28 heavy (non-hydrogen) atoms. The highest BCUT2D eigenvalue weighted by Crippen LogP contribution is 2.46. The minimum Gasteiger partial charge on any atom is -0.373 e. The van der Waals surface area contributed by atoms with Crippen molar-refractivity contribution in [2.45, 2.75) is 6.42 Å². The Morgan fingerprint density at radius 1 is 0.643 bits per heavy atom. The Kier molecular flexibility index (Phi) is 4.17. The molecule has 1 aliphatic rings. The fourth-order valence-electron chi connectivity index (χ4n) is 4.18. The van der Waals surface area contributed by atoms with Gasteiger partial charge in [-0.15, -0.1) is 0 Å². The van der Waals surface area contributed by atoms with E-state index in [1.54, 1.807) is 0 Å². The number of rotatable bonds is 3. The van der Waals surface area contributed by atoms with E-state index in [9.17, 15) is 0 Å². The molecule has 5 rings (SSSR count). The fraction of sp³-hybridized carbons (Fsp3) is 0.115. The van der Waals surface area contributed by atoms with Gasteiger partial charge in [-0.05, 0) is 12.0 Å². The number of anilines is 1. The molecule has 2 nitrogen and oxygen atoms in total. The molecular formula is C26H22N2.